The first-order chi connectivity index (χ1) is 16.8. The fourth-order valence-electron chi connectivity index (χ4n) is 5.08. The van der Waals surface area contributed by atoms with Crippen LogP contribution in [0.2, 0.25) is 0 Å². The molecule has 0 aromatic heterocycles. The summed E-state index contributed by atoms with van der Waals surface area (Å²) in [7, 11) is -5.21. The molecule has 1 amide bonds. The van der Waals surface area contributed by atoms with Gasteiger partial charge < -0.3 is 14.2 Å². The molecule has 1 aliphatic carbocycles. The number of carbonyl (C=O) groups is 2. The van der Waals surface area contributed by atoms with Gasteiger partial charge in [0, 0.05) is 0 Å². The summed E-state index contributed by atoms with van der Waals surface area (Å²) in [5, 5.41) is 2.38. The van der Waals surface area contributed by atoms with Crippen LogP contribution in [-0.4, -0.2) is 32.9 Å². The minimum atomic E-state index is -6.13. The lowest BCUT2D eigenvalue weighted by Crippen LogP contribution is -2.44. The molecule has 1 fully saturated rings. The van der Waals surface area contributed by atoms with Crippen LogP contribution in [0.3, 0.4) is 0 Å². The van der Waals surface area contributed by atoms with Crippen LogP contribution >= 0.6 is 0 Å². The molecule has 2 aromatic rings. The number of hydrogen-bond donors (Lipinski definition) is 1. The predicted octanol–water partition coefficient (Wildman–Crippen LogP) is 4.80. The summed E-state index contributed by atoms with van der Waals surface area (Å²) in [6.45, 7) is 0. The average Bonchev–Trinajstić information content (AvgIpc) is 3.14. The third-order valence-electron chi connectivity index (χ3n) is 6.66. The molecule has 1 N–H and O–H groups in total. The van der Waals surface area contributed by atoms with Crippen molar-refractivity contribution in [2.75, 3.05) is 12.4 Å². The molecule has 2 aliphatic rings. The Hall–Kier alpha value is -3.22. The second kappa shape index (κ2) is 9.02. The minimum absolute atomic E-state index is 0.0637. The Morgan fingerprint density at radius 3 is 2.36 bits per heavy atom. The summed E-state index contributed by atoms with van der Waals surface area (Å²) < 4.78 is 99.3. The van der Waals surface area contributed by atoms with Crippen LogP contribution < -0.4 is 9.50 Å². The number of halogens is 5. The minimum Gasteiger partial charge on any atom is -0.465 e. The lowest BCUT2D eigenvalue weighted by molar-refractivity contribution is -0.121. The average molecular weight is 533 g/mol. The lowest BCUT2D eigenvalue weighted by Gasteiger charge is -2.39. The Labute approximate surface area is 202 Å². The van der Waals surface area contributed by atoms with Crippen molar-refractivity contribution in [3.63, 3.8) is 0 Å². The maximum atomic E-state index is 14.7. The Morgan fingerprint density at radius 2 is 1.75 bits per heavy atom. The largest absolute Gasteiger partial charge is 0.534 e. The molecule has 0 radical (unpaired) electrons. The fourth-order valence-corrected chi connectivity index (χ4v) is 5.56. The lowest BCUT2D eigenvalue weighted by atomic mass is 9.62. The molecule has 194 valence electrons. The van der Waals surface area contributed by atoms with Crippen molar-refractivity contribution in [2.24, 2.45) is 5.92 Å². The Kier molecular flexibility index (Phi) is 6.48. The molecule has 4 rings (SSSR count). The van der Waals surface area contributed by atoms with Gasteiger partial charge in [0.25, 0.3) is 0 Å². The quantitative estimate of drug-likeness (QED) is 0.257. The van der Waals surface area contributed by atoms with Gasteiger partial charge in [0.1, 0.15) is 11.0 Å². The molecule has 0 spiro atoms. The Morgan fingerprint density at radius 1 is 1.08 bits per heavy atom. The molecule has 1 aliphatic heterocycles. The van der Waals surface area contributed by atoms with Crippen LogP contribution in [0.1, 0.15) is 53.6 Å². The third-order valence-corrected chi connectivity index (χ3v) is 7.62. The molecule has 2 aromatic carbocycles. The molecule has 0 bridgehead atoms. The number of benzene rings is 2. The second-order valence-electron chi connectivity index (χ2n) is 8.57. The van der Waals surface area contributed by atoms with Crippen LogP contribution in [0.25, 0.3) is 0 Å². The molecular formula is C23H20F5NO6S. The number of esters is 1. The van der Waals surface area contributed by atoms with Gasteiger partial charge in [0.15, 0.2) is 17.4 Å². The molecule has 13 heteroatoms. The third kappa shape index (κ3) is 3.98. The van der Waals surface area contributed by atoms with Crippen molar-refractivity contribution in [1.82, 2.24) is 0 Å². The SMILES string of the molecule is COC(=O)c1cc(C2(C3CCCCC3)C(=O)Nc3c2ccc(F)c3F)ccc1OS(=O)(=O)C(F)(F)F. The van der Waals surface area contributed by atoms with Crippen LogP contribution in [0.15, 0.2) is 30.3 Å². The zero-order valence-corrected chi connectivity index (χ0v) is 19.6. The van der Waals surface area contributed by atoms with Gasteiger partial charge in [0.2, 0.25) is 5.91 Å². The zero-order valence-electron chi connectivity index (χ0n) is 18.7. The number of carbonyl (C=O) groups excluding carboxylic acids is 2. The second-order valence-corrected chi connectivity index (χ2v) is 10.1. The van der Waals surface area contributed by atoms with Crippen molar-refractivity contribution in [3.8, 4) is 5.75 Å². The van der Waals surface area contributed by atoms with Crippen molar-refractivity contribution >= 4 is 27.7 Å². The number of amides is 1. The van der Waals surface area contributed by atoms with E-state index in [0.717, 1.165) is 50.6 Å². The van der Waals surface area contributed by atoms with E-state index < -0.39 is 61.8 Å². The number of hydrogen-bond acceptors (Lipinski definition) is 6. The molecule has 7 nitrogen and oxygen atoms in total. The number of anilines is 1. The van der Waals surface area contributed by atoms with Crippen LogP contribution in [0.5, 0.6) is 5.75 Å². The summed E-state index contributed by atoms with van der Waals surface area (Å²) in [5.41, 5.74) is -8.30. The maximum Gasteiger partial charge on any atom is 0.534 e. The number of alkyl halides is 3. The normalized spacial score (nSPS) is 20.6. The molecule has 36 heavy (non-hydrogen) atoms. The smallest absolute Gasteiger partial charge is 0.465 e. The van der Waals surface area contributed by atoms with Crippen molar-refractivity contribution in [1.29, 1.82) is 0 Å². The fraction of sp³-hybridized carbons (Fsp3) is 0.391. The topological polar surface area (TPSA) is 98.8 Å². The predicted molar refractivity (Wildman–Crippen MR) is 116 cm³/mol. The van der Waals surface area contributed by atoms with E-state index in [1.807, 2.05) is 0 Å². The highest BCUT2D eigenvalue weighted by Gasteiger charge is 2.55. The van der Waals surface area contributed by atoms with Gasteiger partial charge in [-0.3, -0.25) is 4.79 Å². The molecule has 1 saturated carbocycles. The number of ether oxygens (including phenoxy) is 1. The van der Waals surface area contributed by atoms with E-state index in [9.17, 15) is 40.0 Å². The van der Waals surface area contributed by atoms with E-state index in [-0.39, 0.29) is 16.8 Å². The van der Waals surface area contributed by atoms with Crippen LogP contribution in [0, 0.1) is 17.6 Å². The zero-order chi connectivity index (χ0) is 26.5. The van der Waals surface area contributed by atoms with Crippen LogP contribution in [0.4, 0.5) is 27.6 Å². The summed E-state index contributed by atoms with van der Waals surface area (Å²) in [4.78, 5) is 26.0. The summed E-state index contributed by atoms with van der Waals surface area (Å²) in [6.07, 6.45) is 3.37. The monoisotopic (exact) mass is 533 g/mol. The number of fused-ring (bicyclic) bond motifs is 1. The van der Waals surface area contributed by atoms with Crippen molar-refractivity contribution < 1.29 is 48.9 Å². The summed E-state index contributed by atoms with van der Waals surface area (Å²) in [6, 6.07) is 5.05. The van der Waals surface area contributed by atoms with Gasteiger partial charge >= 0.3 is 21.6 Å². The highest BCUT2D eigenvalue weighted by atomic mass is 32.2. The van der Waals surface area contributed by atoms with Gasteiger partial charge in [-0.05, 0) is 48.1 Å². The standard InChI is InChI=1S/C23H20F5NO6S/c1-34-20(30)14-11-13(7-10-17(14)35-36(32,33)23(26,27)28)22(12-5-3-2-4-6-12)15-8-9-16(24)18(25)19(15)29-21(22)31/h7-12H,2-6H2,1H3,(H,29,31). The maximum absolute atomic E-state index is 14.7. The highest BCUT2D eigenvalue weighted by Crippen LogP contribution is 2.53. The van der Waals surface area contributed by atoms with Crippen molar-refractivity contribution in [3.05, 3.63) is 58.7 Å². The van der Waals surface area contributed by atoms with Crippen LogP contribution in [-0.2, 0) is 25.1 Å². The van der Waals surface area contributed by atoms with E-state index in [1.165, 1.54) is 6.07 Å². The first-order valence-electron chi connectivity index (χ1n) is 10.9. The Balaban J connectivity index is 1.96. The highest BCUT2D eigenvalue weighted by molar-refractivity contribution is 7.88. The molecule has 1 atom stereocenters. The molecule has 1 heterocycles. The van der Waals surface area contributed by atoms with Crippen molar-refractivity contribution in [2.45, 2.75) is 43.0 Å². The first-order valence-corrected chi connectivity index (χ1v) is 12.3. The summed E-state index contributed by atoms with van der Waals surface area (Å²) in [5.74, 6) is -5.81. The van der Waals surface area contributed by atoms with Gasteiger partial charge in [-0.1, -0.05) is 31.4 Å². The van der Waals surface area contributed by atoms with Gasteiger partial charge in [0.05, 0.1) is 12.8 Å². The molecule has 0 saturated heterocycles. The first kappa shape index (κ1) is 25.9. The van der Waals surface area contributed by atoms with E-state index in [0.29, 0.717) is 12.8 Å². The Bertz CT molecular complexity index is 1340. The number of rotatable bonds is 5. The van der Waals surface area contributed by atoms with Gasteiger partial charge in [-0.2, -0.15) is 21.6 Å². The van der Waals surface area contributed by atoms with Gasteiger partial charge in [-0.25, -0.2) is 13.6 Å². The molecule has 1 unspecified atom stereocenters. The van der Waals surface area contributed by atoms with E-state index in [1.54, 1.807) is 0 Å². The number of nitrogens with one attached hydrogen (secondary N) is 1. The van der Waals surface area contributed by atoms with Gasteiger partial charge in [-0.15, -0.1) is 0 Å². The van der Waals surface area contributed by atoms with E-state index >= 15 is 0 Å². The number of methoxy groups -OCH3 is 1. The van der Waals surface area contributed by atoms with E-state index in [4.69, 9.17) is 0 Å². The van der Waals surface area contributed by atoms with E-state index in [2.05, 4.69) is 14.2 Å². The summed E-state index contributed by atoms with van der Waals surface area (Å²) >= 11 is 0. The molecular weight excluding hydrogens is 513 g/mol.